The molecule has 0 bridgehead atoms. The van der Waals surface area contributed by atoms with Crippen molar-refractivity contribution in [1.29, 1.82) is 0 Å². The summed E-state index contributed by atoms with van der Waals surface area (Å²) in [4.78, 5) is 39.8. The van der Waals surface area contributed by atoms with Crippen LogP contribution in [0.2, 0.25) is 0 Å². The number of nitro groups is 1. The van der Waals surface area contributed by atoms with E-state index >= 15 is 0 Å². The molecule has 150 valence electrons. The summed E-state index contributed by atoms with van der Waals surface area (Å²) in [6.45, 7) is 4.37. The first-order valence-corrected chi connectivity index (χ1v) is 8.83. The van der Waals surface area contributed by atoms with E-state index in [9.17, 15) is 19.7 Å². The average Bonchev–Trinajstić information content (AvgIpc) is 3.29. The normalized spacial score (nSPS) is 14.6. The summed E-state index contributed by atoms with van der Waals surface area (Å²) in [6.07, 6.45) is 2.76. The Bertz CT molecular complexity index is 867. The Labute approximate surface area is 160 Å². The van der Waals surface area contributed by atoms with Gasteiger partial charge < -0.3 is 24.9 Å². The molecule has 0 aromatic carbocycles. The zero-order valence-corrected chi connectivity index (χ0v) is 15.4. The quantitative estimate of drug-likeness (QED) is 0.467. The van der Waals surface area contributed by atoms with Crippen LogP contribution in [0, 0.1) is 10.1 Å². The van der Waals surface area contributed by atoms with Crippen LogP contribution in [0.15, 0.2) is 24.5 Å². The van der Waals surface area contributed by atoms with E-state index in [1.807, 2.05) is 0 Å². The fraction of sp³-hybridized carbons (Fsp3) is 0.412. The lowest BCUT2D eigenvalue weighted by molar-refractivity contribution is -0.384. The number of nitrogens with zero attached hydrogens (tertiary/aromatic N) is 3. The molecule has 0 unspecified atom stereocenters. The van der Waals surface area contributed by atoms with Gasteiger partial charge in [0.25, 0.3) is 17.5 Å². The molecule has 2 aromatic heterocycles. The van der Waals surface area contributed by atoms with Crippen LogP contribution in [-0.4, -0.2) is 70.6 Å². The van der Waals surface area contributed by atoms with Crippen molar-refractivity contribution < 1.29 is 19.2 Å². The molecule has 28 heavy (non-hydrogen) atoms. The minimum Gasteiger partial charge on any atom is -0.379 e. The standard InChI is InChI=1S/C17H22N6O5/c1-21-11-13(23(26)27)9-15(21)17(25)20-12-8-14(19-10-12)16(24)18-2-3-22-4-6-28-7-5-22/h8-11,19H,2-7H2,1H3,(H,18,24)(H,20,25). The molecule has 1 aliphatic heterocycles. The maximum Gasteiger partial charge on any atom is 0.287 e. The number of anilines is 1. The molecule has 3 rings (SSSR count). The number of hydrogen-bond donors (Lipinski definition) is 3. The molecule has 2 aromatic rings. The largest absolute Gasteiger partial charge is 0.379 e. The summed E-state index contributed by atoms with van der Waals surface area (Å²) in [5, 5.41) is 16.3. The van der Waals surface area contributed by atoms with Crippen molar-refractivity contribution in [3.63, 3.8) is 0 Å². The van der Waals surface area contributed by atoms with Crippen LogP contribution < -0.4 is 10.6 Å². The molecule has 3 heterocycles. The van der Waals surface area contributed by atoms with Gasteiger partial charge in [0.15, 0.2) is 0 Å². The molecule has 11 heteroatoms. The fourth-order valence-corrected chi connectivity index (χ4v) is 2.91. The fourth-order valence-electron chi connectivity index (χ4n) is 2.91. The minimum absolute atomic E-state index is 0.143. The lowest BCUT2D eigenvalue weighted by atomic mass is 10.3. The van der Waals surface area contributed by atoms with E-state index in [-0.39, 0.29) is 17.3 Å². The monoisotopic (exact) mass is 390 g/mol. The Morgan fingerprint density at radius 2 is 2.04 bits per heavy atom. The lowest BCUT2D eigenvalue weighted by Gasteiger charge is -2.26. The van der Waals surface area contributed by atoms with Crippen molar-refractivity contribution >= 4 is 23.2 Å². The van der Waals surface area contributed by atoms with Gasteiger partial charge in [-0.3, -0.25) is 24.6 Å². The van der Waals surface area contributed by atoms with Crippen LogP contribution in [0.3, 0.4) is 0 Å². The number of amides is 2. The van der Waals surface area contributed by atoms with Crippen LogP contribution in [0.25, 0.3) is 0 Å². The van der Waals surface area contributed by atoms with Gasteiger partial charge in [-0.05, 0) is 6.07 Å². The van der Waals surface area contributed by atoms with E-state index < -0.39 is 10.8 Å². The number of carbonyl (C=O) groups excluding carboxylic acids is 2. The van der Waals surface area contributed by atoms with Gasteiger partial charge in [0.05, 0.1) is 30.0 Å². The van der Waals surface area contributed by atoms with E-state index in [1.165, 1.54) is 29.1 Å². The van der Waals surface area contributed by atoms with Crippen molar-refractivity contribution in [2.45, 2.75) is 0 Å². The van der Waals surface area contributed by atoms with Gasteiger partial charge in [-0.2, -0.15) is 0 Å². The number of aryl methyl sites for hydroxylation is 1. The van der Waals surface area contributed by atoms with E-state index in [1.54, 1.807) is 7.05 Å². The Hall–Kier alpha value is -3.18. The Morgan fingerprint density at radius 3 is 2.71 bits per heavy atom. The molecule has 1 saturated heterocycles. The minimum atomic E-state index is -0.563. The average molecular weight is 390 g/mol. The van der Waals surface area contributed by atoms with Gasteiger partial charge in [-0.25, -0.2) is 0 Å². The first-order chi connectivity index (χ1) is 13.4. The predicted octanol–water partition coefficient (Wildman–Crippen LogP) is 0.576. The smallest absolute Gasteiger partial charge is 0.287 e. The predicted molar refractivity (Wildman–Crippen MR) is 100 cm³/mol. The third-order valence-electron chi connectivity index (χ3n) is 4.44. The van der Waals surface area contributed by atoms with Crippen molar-refractivity contribution in [3.8, 4) is 0 Å². The topological polar surface area (TPSA) is 135 Å². The summed E-state index contributed by atoms with van der Waals surface area (Å²) in [5.41, 5.74) is 0.689. The zero-order valence-electron chi connectivity index (χ0n) is 15.4. The van der Waals surface area contributed by atoms with Gasteiger partial charge in [-0.15, -0.1) is 0 Å². The van der Waals surface area contributed by atoms with Gasteiger partial charge in [-0.1, -0.05) is 0 Å². The molecule has 2 amide bonds. The van der Waals surface area contributed by atoms with Crippen molar-refractivity contribution in [3.05, 3.63) is 46.0 Å². The van der Waals surface area contributed by atoms with E-state index in [0.717, 1.165) is 19.6 Å². The summed E-state index contributed by atoms with van der Waals surface area (Å²) in [7, 11) is 1.55. The zero-order chi connectivity index (χ0) is 20.1. The second-order valence-electron chi connectivity index (χ2n) is 6.42. The Morgan fingerprint density at radius 1 is 1.29 bits per heavy atom. The van der Waals surface area contributed by atoms with E-state index in [4.69, 9.17) is 4.74 Å². The summed E-state index contributed by atoms with van der Waals surface area (Å²) in [6, 6.07) is 2.71. The van der Waals surface area contributed by atoms with Gasteiger partial charge in [0.1, 0.15) is 11.4 Å². The van der Waals surface area contributed by atoms with Gasteiger partial charge in [0, 0.05) is 45.5 Å². The van der Waals surface area contributed by atoms with Crippen LogP contribution in [0.4, 0.5) is 11.4 Å². The summed E-state index contributed by atoms with van der Waals surface area (Å²) >= 11 is 0. The number of H-pyrrole nitrogens is 1. The third-order valence-corrected chi connectivity index (χ3v) is 4.44. The third kappa shape index (κ3) is 4.75. The summed E-state index contributed by atoms with van der Waals surface area (Å²) in [5.74, 6) is -0.780. The first kappa shape index (κ1) is 19.6. The van der Waals surface area contributed by atoms with Crippen LogP contribution in [-0.2, 0) is 11.8 Å². The highest BCUT2D eigenvalue weighted by Gasteiger charge is 2.18. The highest BCUT2D eigenvalue weighted by atomic mass is 16.6. The van der Waals surface area contributed by atoms with Gasteiger partial charge >= 0.3 is 0 Å². The number of morpholine rings is 1. The van der Waals surface area contributed by atoms with E-state index in [0.29, 0.717) is 31.1 Å². The second kappa shape index (κ2) is 8.67. The van der Waals surface area contributed by atoms with Crippen LogP contribution >= 0.6 is 0 Å². The number of aromatic amines is 1. The van der Waals surface area contributed by atoms with Crippen LogP contribution in [0.1, 0.15) is 21.0 Å². The summed E-state index contributed by atoms with van der Waals surface area (Å²) < 4.78 is 6.65. The number of nitrogens with one attached hydrogen (secondary N) is 3. The van der Waals surface area contributed by atoms with Crippen LogP contribution in [0.5, 0.6) is 0 Å². The number of aromatic nitrogens is 2. The number of carbonyl (C=O) groups is 2. The number of hydrogen-bond acceptors (Lipinski definition) is 6. The maximum absolute atomic E-state index is 12.3. The maximum atomic E-state index is 12.3. The molecule has 0 radical (unpaired) electrons. The molecule has 1 fully saturated rings. The molecular weight excluding hydrogens is 368 g/mol. The SMILES string of the molecule is Cn1cc([N+](=O)[O-])cc1C(=O)Nc1c[nH]c(C(=O)NCCN2CCOCC2)c1. The number of rotatable bonds is 7. The molecular formula is C17H22N6O5. The molecule has 0 saturated carbocycles. The van der Waals surface area contributed by atoms with Gasteiger partial charge in [0.2, 0.25) is 0 Å². The first-order valence-electron chi connectivity index (χ1n) is 8.83. The van der Waals surface area contributed by atoms with E-state index in [2.05, 4.69) is 20.5 Å². The molecule has 0 aliphatic carbocycles. The van der Waals surface area contributed by atoms with Crippen molar-refractivity contribution in [1.82, 2.24) is 19.8 Å². The highest BCUT2D eigenvalue weighted by molar-refractivity contribution is 6.04. The Balaban J connectivity index is 1.52. The second-order valence-corrected chi connectivity index (χ2v) is 6.42. The van der Waals surface area contributed by atoms with Crippen molar-refractivity contribution in [2.24, 2.45) is 7.05 Å². The Kier molecular flexibility index (Phi) is 6.06. The lowest BCUT2D eigenvalue weighted by Crippen LogP contribution is -2.41. The highest BCUT2D eigenvalue weighted by Crippen LogP contribution is 2.17. The molecule has 0 spiro atoms. The number of ether oxygens (including phenoxy) is 1. The molecule has 0 atom stereocenters. The molecule has 1 aliphatic rings. The van der Waals surface area contributed by atoms with Crippen molar-refractivity contribution in [2.75, 3.05) is 44.7 Å². The molecule has 11 nitrogen and oxygen atoms in total. The molecule has 3 N–H and O–H groups in total.